The summed E-state index contributed by atoms with van der Waals surface area (Å²) in [4.78, 5) is 5.44. The van der Waals surface area contributed by atoms with E-state index in [0.29, 0.717) is 6.04 Å². The molecule has 0 aliphatic rings. The fourth-order valence-corrected chi connectivity index (χ4v) is 2.90. The Kier molecular flexibility index (Phi) is 4.93. The standard InChI is InChI=1S/C15H20N2OS/c1-4-17-13(15-9-16-10-19-15)8-12-7-11(2)5-6-14(12)18-3/h5-7,9-10,13,17H,4,8H2,1-3H3. The van der Waals surface area contributed by atoms with E-state index in [4.69, 9.17) is 4.74 Å². The zero-order valence-corrected chi connectivity index (χ0v) is 12.5. The molecule has 1 aromatic heterocycles. The van der Waals surface area contributed by atoms with Crippen LogP contribution >= 0.6 is 11.3 Å². The van der Waals surface area contributed by atoms with Crippen molar-refractivity contribution in [2.24, 2.45) is 0 Å². The van der Waals surface area contributed by atoms with Gasteiger partial charge in [0.2, 0.25) is 0 Å². The molecule has 1 aromatic carbocycles. The molecule has 2 rings (SSSR count). The van der Waals surface area contributed by atoms with Gasteiger partial charge in [-0.1, -0.05) is 24.6 Å². The van der Waals surface area contributed by atoms with E-state index in [1.54, 1.807) is 18.4 Å². The molecule has 1 heterocycles. The van der Waals surface area contributed by atoms with Crippen LogP contribution in [0.5, 0.6) is 5.75 Å². The lowest BCUT2D eigenvalue weighted by atomic mass is 10.0. The first-order chi connectivity index (χ1) is 9.24. The van der Waals surface area contributed by atoms with E-state index >= 15 is 0 Å². The Labute approximate surface area is 118 Å². The maximum Gasteiger partial charge on any atom is 0.122 e. The lowest BCUT2D eigenvalue weighted by Gasteiger charge is -2.18. The number of rotatable bonds is 6. The second-order valence-electron chi connectivity index (χ2n) is 4.53. The third kappa shape index (κ3) is 3.55. The summed E-state index contributed by atoms with van der Waals surface area (Å²) >= 11 is 1.69. The number of benzene rings is 1. The summed E-state index contributed by atoms with van der Waals surface area (Å²) < 4.78 is 5.46. The Hall–Kier alpha value is -1.39. The van der Waals surface area contributed by atoms with E-state index in [1.165, 1.54) is 16.0 Å². The molecule has 0 spiro atoms. The van der Waals surface area contributed by atoms with Gasteiger partial charge in [0.25, 0.3) is 0 Å². The molecule has 1 N–H and O–H groups in total. The molecule has 0 aliphatic heterocycles. The third-order valence-electron chi connectivity index (χ3n) is 3.11. The van der Waals surface area contributed by atoms with E-state index in [0.717, 1.165) is 18.7 Å². The van der Waals surface area contributed by atoms with Crippen LogP contribution in [0.2, 0.25) is 0 Å². The minimum Gasteiger partial charge on any atom is -0.496 e. The van der Waals surface area contributed by atoms with Crippen LogP contribution in [0, 0.1) is 6.92 Å². The number of likely N-dealkylation sites (N-methyl/N-ethyl adjacent to an activating group) is 1. The highest BCUT2D eigenvalue weighted by Gasteiger charge is 2.15. The number of ether oxygens (including phenoxy) is 1. The van der Waals surface area contributed by atoms with Crippen LogP contribution in [0.4, 0.5) is 0 Å². The lowest BCUT2D eigenvalue weighted by Crippen LogP contribution is -2.22. The Morgan fingerprint density at radius 1 is 1.42 bits per heavy atom. The summed E-state index contributed by atoms with van der Waals surface area (Å²) in [6.07, 6.45) is 2.86. The summed E-state index contributed by atoms with van der Waals surface area (Å²) in [6.45, 7) is 5.18. The largest absolute Gasteiger partial charge is 0.496 e. The smallest absolute Gasteiger partial charge is 0.122 e. The highest BCUT2D eigenvalue weighted by Crippen LogP contribution is 2.27. The van der Waals surface area contributed by atoms with Gasteiger partial charge in [-0.15, -0.1) is 11.3 Å². The highest BCUT2D eigenvalue weighted by atomic mass is 32.1. The van der Waals surface area contributed by atoms with Crippen molar-refractivity contribution >= 4 is 11.3 Å². The van der Waals surface area contributed by atoms with Crippen molar-refractivity contribution in [3.05, 3.63) is 45.9 Å². The molecule has 0 aliphatic carbocycles. The summed E-state index contributed by atoms with van der Waals surface area (Å²) in [7, 11) is 1.73. The highest BCUT2D eigenvalue weighted by molar-refractivity contribution is 7.09. The van der Waals surface area contributed by atoms with Crippen molar-refractivity contribution in [2.75, 3.05) is 13.7 Å². The second kappa shape index (κ2) is 6.68. The molecule has 0 fully saturated rings. The average molecular weight is 276 g/mol. The van der Waals surface area contributed by atoms with Gasteiger partial charge in [0.1, 0.15) is 5.75 Å². The number of nitrogens with zero attached hydrogens (tertiary/aromatic N) is 1. The number of hydrogen-bond donors (Lipinski definition) is 1. The van der Waals surface area contributed by atoms with Gasteiger partial charge in [0.05, 0.1) is 12.6 Å². The van der Waals surface area contributed by atoms with Crippen LogP contribution in [-0.4, -0.2) is 18.6 Å². The minimum absolute atomic E-state index is 0.299. The summed E-state index contributed by atoms with van der Waals surface area (Å²) in [5.74, 6) is 0.956. The van der Waals surface area contributed by atoms with Crippen LogP contribution in [0.1, 0.15) is 29.0 Å². The molecule has 0 radical (unpaired) electrons. The Bertz CT molecular complexity index is 511. The number of nitrogens with one attached hydrogen (secondary N) is 1. The molecule has 3 nitrogen and oxygen atoms in total. The van der Waals surface area contributed by atoms with Crippen LogP contribution in [0.15, 0.2) is 29.9 Å². The van der Waals surface area contributed by atoms with Crippen molar-refractivity contribution < 1.29 is 4.74 Å². The Morgan fingerprint density at radius 3 is 2.89 bits per heavy atom. The van der Waals surface area contributed by atoms with E-state index < -0.39 is 0 Å². The summed E-state index contributed by atoms with van der Waals surface area (Å²) in [5.41, 5.74) is 4.38. The summed E-state index contributed by atoms with van der Waals surface area (Å²) in [6, 6.07) is 6.62. The fraction of sp³-hybridized carbons (Fsp3) is 0.400. The van der Waals surface area contributed by atoms with Crippen molar-refractivity contribution in [1.82, 2.24) is 10.3 Å². The van der Waals surface area contributed by atoms with Crippen molar-refractivity contribution in [3.8, 4) is 5.75 Å². The number of thiazole rings is 1. The molecule has 1 unspecified atom stereocenters. The van der Waals surface area contributed by atoms with Gasteiger partial charge in [0.15, 0.2) is 0 Å². The first kappa shape index (κ1) is 14.0. The zero-order chi connectivity index (χ0) is 13.7. The molecule has 102 valence electrons. The monoisotopic (exact) mass is 276 g/mol. The van der Waals surface area contributed by atoms with Crippen LogP contribution in [0.25, 0.3) is 0 Å². The van der Waals surface area contributed by atoms with Crippen molar-refractivity contribution in [3.63, 3.8) is 0 Å². The van der Waals surface area contributed by atoms with Crippen LogP contribution in [0.3, 0.4) is 0 Å². The second-order valence-corrected chi connectivity index (χ2v) is 5.45. The number of aryl methyl sites for hydroxylation is 1. The molecular formula is C15H20N2OS. The van der Waals surface area contributed by atoms with Crippen molar-refractivity contribution in [2.45, 2.75) is 26.3 Å². The van der Waals surface area contributed by atoms with Crippen molar-refractivity contribution in [1.29, 1.82) is 0 Å². The molecule has 0 bridgehead atoms. The number of methoxy groups -OCH3 is 1. The Balaban J connectivity index is 2.24. The van der Waals surface area contributed by atoms with Gasteiger partial charge >= 0.3 is 0 Å². The third-order valence-corrected chi connectivity index (χ3v) is 3.99. The van der Waals surface area contributed by atoms with Gasteiger partial charge in [-0.25, -0.2) is 0 Å². The molecule has 0 amide bonds. The molecule has 0 saturated heterocycles. The van der Waals surface area contributed by atoms with Gasteiger partial charge in [0, 0.05) is 17.1 Å². The fourth-order valence-electron chi connectivity index (χ4n) is 2.20. The molecule has 4 heteroatoms. The molecule has 1 atom stereocenters. The summed E-state index contributed by atoms with van der Waals surface area (Å²) in [5, 5.41) is 3.52. The Morgan fingerprint density at radius 2 is 2.26 bits per heavy atom. The molecular weight excluding hydrogens is 256 g/mol. The average Bonchev–Trinajstić information content (AvgIpc) is 2.92. The quantitative estimate of drug-likeness (QED) is 0.878. The first-order valence-electron chi connectivity index (χ1n) is 6.50. The normalized spacial score (nSPS) is 12.4. The zero-order valence-electron chi connectivity index (χ0n) is 11.6. The molecule has 19 heavy (non-hydrogen) atoms. The van der Waals surface area contributed by atoms with E-state index in [2.05, 4.69) is 36.3 Å². The predicted molar refractivity (Wildman–Crippen MR) is 80.0 cm³/mol. The molecule has 2 aromatic rings. The minimum atomic E-state index is 0.299. The van der Waals surface area contributed by atoms with Gasteiger partial charge < -0.3 is 10.1 Å². The van der Waals surface area contributed by atoms with E-state index in [9.17, 15) is 0 Å². The predicted octanol–water partition coefficient (Wildman–Crippen LogP) is 3.35. The first-order valence-corrected chi connectivity index (χ1v) is 7.37. The maximum atomic E-state index is 5.46. The van der Waals surface area contributed by atoms with E-state index in [1.807, 2.05) is 17.8 Å². The van der Waals surface area contributed by atoms with Gasteiger partial charge in [-0.05, 0) is 31.5 Å². The lowest BCUT2D eigenvalue weighted by molar-refractivity contribution is 0.406. The van der Waals surface area contributed by atoms with Gasteiger partial charge in [-0.3, -0.25) is 4.98 Å². The van der Waals surface area contributed by atoms with E-state index in [-0.39, 0.29) is 0 Å². The number of hydrogen-bond acceptors (Lipinski definition) is 4. The molecule has 0 saturated carbocycles. The van der Waals surface area contributed by atoms with Crippen LogP contribution < -0.4 is 10.1 Å². The van der Waals surface area contributed by atoms with Crippen LogP contribution in [-0.2, 0) is 6.42 Å². The van der Waals surface area contributed by atoms with Gasteiger partial charge in [-0.2, -0.15) is 0 Å². The maximum absolute atomic E-state index is 5.46. The SMILES string of the molecule is CCNC(Cc1cc(C)ccc1OC)c1cncs1. The topological polar surface area (TPSA) is 34.1 Å². The number of aromatic nitrogens is 1.